The van der Waals surface area contributed by atoms with Crippen LogP contribution in [0.3, 0.4) is 0 Å². The standard InChI is InChI=1S/C14H14Cl2N2O/c1-8-5-6-18-14(17)13(8)12(19)7-9-10(15)3-2-4-11(9)16/h2-6,12,19H,7H2,1H3,(H2,17,18). The molecule has 1 unspecified atom stereocenters. The molecule has 1 aromatic carbocycles. The molecule has 0 radical (unpaired) electrons. The minimum atomic E-state index is -0.786. The Labute approximate surface area is 122 Å². The Morgan fingerprint density at radius 2 is 1.89 bits per heavy atom. The summed E-state index contributed by atoms with van der Waals surface area (Å²) in [5.41, 5.74) is 8.04. The molecule has 0 spiro atoms. The number of aromatic nitrogens is 1. The lowest BCUT2D eigenvalue weighted by molar-refractivity contribution is 0.178. The van der Waals surface area contributed by atoms with Gasteiger partial charge in [-0.2, -0.15) is 0 Å². The summed E-state index contributed by atoms with van der Waals surface area (Å²) in [6, 6.07) is 7.07. The van der Waals surface area contributed by atoms with Crippen LogP contribution in [0.15, 0.2) is 30.5 Å². The van der Waals surface area contributed by atoms with E-state index in [2.05, 4.69) is 4.98 Å². The minimum absolute atomic E-state index is 0.301. The zero-order chi connectivity index (χ0) is 14.0. The molecule has 3 nitrogen and oxygen atoms in total. The highest BCUT2D eigenvalue weighted by molar-refractivity contribution is 6.36. The van der Waals surface area contributed by atoms with E-state index in [1.54, 1.807) is 24.4 Å². The number of nitrogens with zero attached hydrogens (tertiary/aromatic N) is 1. The SMILES string of the molecule is Cc1ccnc(N)c1C(O)Cc1c(Cl)cccc1Cl. The van der Waals surface area contributed by atoms with Gasteiger partial charge in [-0.25, -0.2) is 4.98 Å². The lowest BCUT2D eigenvalue weighted by atomic mass is 9.98. The van der Waals surface area contributed by atoms with Crippen LogP contribution in [0.25, 0.3) is 0 Å². The molecule has 1 atom stereocenters. The van der Waals surface area contributed by atoms with Gasteiger partial charge < -0.3 is 10.8 Å². The number of nitrogens with two attached hydrogens (primary N) is 1. The molecule has 0 saturated carbocycles. The normalized spacial score (nSPS) is 12.4. The molecule has 0 amide bonds. The van der Waals surface area contributed by atoms with Crippen molar-refractivity contribution in [2.24, 2.45) is 0 Å². The van der Waals surface area contributed by atoms with Crippen molar-refractivity contribution in [1.29, 1.82) is 0 Å². The van der Waals surface area contributed by atoms with Gasteiger partial charge in [-0.05, 0) is 36.2 Å². The summed E-state index contributed by atoms with van der Waals surface area (Å²) >= 11 is 12.2. The van der Waals surface area contributed by atoms with E-state index in [0.717, 1.165) is 5.56 Å². The minimum Gasteiger partial charge on any atom is -0.388 e. The van der Waals surface area contributed by atoms with Gasteiger partial charge in [0.25, 0.3) is 0 Å². The Balaban J connectivity index is 2.34. The molecule has 2 aromatic rings. The number of benzene rings is 1. The summed E-state index contributed by atoms with van der Waals surface area (Å²) in [6.45, 7) is 1.88. The quantitative estimate of drug-likeness (QED) is 0.910. The Morgan fingerprint density at radius 3 is 2.47 bits per heavy atom. The monoisotopic (exact) mass is 296 g/mol. The summed E-state index contributed by atoms with van der Waals surface area (Å²) in [4.78, 5) is 4.00. The molecule has 2 rings (SSSR count). The Morgan fingerprint density at radius 1 is 1.26 bits per heavy atom. The molecule has 3 N–H and O–H groups in total. The first-order chi connectivity index (χ1) is 9.00. The zero-order valence-corrected chi connectivity index (χ0v) is 11.9. The van der Waals surface area contributed by atoms with Crippen LogP contribution in [-0.2, 0) is 6.42 Å². The van der Waals surface area contributed by atoms with Crippen molar-refractivity contribution in [3.63, 3.8) is 0 Å². The molecule has 1 heterocycles. The van der Waals surface area contributed by atoms with Crippen LogP contribution >= 0.6 is 23.2 Å². The summed E-state index contributed by atoms with van der Waals surface area (Å²) in [5.74, 6) is 0.329. The van der Waals surface area contributed by atoms with E-state index in [1.807, 2.05) is 13.0 Å². The van der Waals surface area contributed by atoms with Crippen LogP contribution in [0.4, 0.5) is 5.82 Å². The molecule has 5 heteroatoms. The molecule has 0 bridgehead atoms. The number of halogens is 2. The van der Waals surface area contributed by atoms with Crippen molar-refractivity contribution in [3.05, 3.63) is 57.2 Å². The van der Waals surface area contributed by atoms with Gasteiger partial charge >= 0.3 is 0 Å². The van der Waals surface area contributed by atoms with E-state index >= 15 is 0 Å². The Kier molecular flexibility index (Phi) is 4.30. The summed E-state index contributed by atoms with van der Waals surface area (Å²) < 4.78 is 0. The molecular formula is C14H14Cl2N2O. The second kappa shape index (κ2) is 5.78. The van der Waals surface area contributed by atoms with Gasteiger partial charge in [0.1, 0.15) is 5.82 Å². The maximum absolute atomic E-state index is 10.3. The smallest absolute Gasteiger partial charge is 0.129 e. The van der Waals surface area contributed by atoms with E-state index in [-0.39, 0.29) is 0 Å². The Hall–Kier alpha value is -1.29. The van der Waals surface area contributed by atoms with Crippen molar-refractivity contribution in [2.45, 2.75) is 19.4 Å². The van der Waals surface area contributed by atoms with Gasteiger partial charge in [0.05, 0.1) is 6.10 Å². The predicted molar refractivity (Wildman–Crippen MR) is 78.5 cm³/mol. The lowest BCUT2D eigenvalue weighted by Gasteiger charge is -2.16. The number of pyridine rings is 1. The fraction of sp³-hybridized carbons (Fsp3) is 0.214. The first-order valence-corrected chi connectivity index (χ1v) is 6.58. The molecule has 19 heavy (non-hydrogen) atoms. The fourth-order valence-electron chi connectivity index (χ4n) is 2.05. The van der Waals surface area contributed by atoms with Crippen LogP contribution < -0.4 is 5.73 Å². The number of nitrogen functional groups attached to an aromatic ring is 1. The van der Waals surface area contributed by atoms with Gasteiger partial charge in [0.15, 0.2) is 0 Å². The van der Waals surface area contributed by atoms with E-state index in [1.165, 1.54) is 0 Å². The van der Waals surface area contributed by atoms with Gasteiger partial charge in [0, 0.05) is 28.2 Å². The summed E-state index contributed by atoms with van der Waals surface area (Å²) in [6.07, 6.45) is 1.13. The van der Waals surface area contributed by atoms with Crippen molar-refractivity contribution in [3.8, 4) is 0 Å². The highest BCUT2D eigenvalue weighted by Gasteiger charge is 2.18. The van der Waals surface area contributed by atoms with Crippen LogP contribution in [0, 0.1) is 6.92 Å². The molecule has 0 saturated heterocycles. The van der Waals surface area contributed by atoms with Gasteiger partial charge in [-0.15, -0.1) is 0 Å². The fourth-order valence-corrected chi connectivity index (χ4v) is 2.60. The van der Waals surface area contributed by atoms with Crippen molar-refractivity contribution >= 4 is 29.0 Å². The average Bonchev–Trinajstić information content (AvgIpc) is 2.34. The maximum Gasteiger partial charge on any atom is 0.129 e. The number of aliphatic hydroxyl groups is 1. The lowest BCUT2D eigenvalue weighted by Crippen LogP contribution is -2.09. The molecule has 0 aliphatic heterocycles. The van der Waals surface area contributed by atoms with Crippen molar-refractivity contribution < 1.29 is 5.11 Å². The number of aliphatic hydroxyl groups excluding tert-OH is 1. The number of anilines is 1. The second-order valence-corrected chi connectivity index (χ2v) is 5.16. The van der Waals surface area contributed by atoms with Crippen LogP contribution in [0.2, 0.25) is 10.0 Å². The number of hydrogen-bond acceptors (Lipinski definition) is 3. The van der Waals surface area contributed by atoms with Gasteiger partial charge in [-0.1, -0.05) is 29.3 Å². The largest absolute Gasteiger partial charge is 0.388 e. The topological polar surface area (TPSA) is 59.1 Å². The number of hydrogen-bond donors (Lipinski definition) is 2. The maximum atomic E-state index is 10.3. The van der Waals surface area contributed by atoms with E-state index < -0.39 is 6.10 Å². The first kappa shape index (κ1) is 14.1. The third-order valence-electron chi connectivity index (χ3n) is 3.03. The van der Waals surface area contributed by atoms with Crippen LogP contribution in [-0.4, -0.2) is 10.1 Å². The van der Waals surface area contributed by atoms with E-state index in [4.69, 9.17) is 28.9 Å². The van der Waals surface area contributed by atoms with Crippen LogP contribution in [0.5, 0.6) is 0 Å². The van der Waals surface area contributed by atoms with Crippen molar-refractivity contribution in [2.75, 3.05) is 5.73 Å². The summed E-state index contributed by atoms with van der Waals surface area (Å²) in [5, 5.41) is 11.4. The average molecular weight is 297 g/mol. The molecule has 1 aromatic heterocycles. The third-order valence-corrected chi connectivity index (χ3v) is 3.74. The third kappa shape index (κ3) is 3.00. The van der Waals surface area contributed by atoms with E-state index in [9.17, 15) is 5.11 Å². The molecule has 100 valence electrons. The first-order valence-electron chi connectivity index (χ1n) is 5.82. The molecule has 0 fully saturated rings. The van der Waals surface area contributed by atoms with Crippen LogP contribution in [0.1, 0.15) is 22.8 Å². The predicted octanol–water partition coefficient (Wildman–Crippen LogP) is 3.56. The summed E-state index contributed by atoms with van der Waals surface area (Å²) in [7, 11) is 0. The Bertz CT molecular complexity index is 561. The zero-order valence-electron chi connectivity index (χ0n) is 10.4. The van der Waals surface area contributed by atoms with E-state index in [0.29, 0.717) is 33.4 Å². The molecule has 0 aliphatic rings. The number of aryl methyl sites for hydroxylation is 1. The molecule has 0 aliphatic carbocycles. The highest BCUT2D eigenvalue weighted by Crippen LogP contribution is 2.31. The van der Waals surface area contributed by atoms with Crippen molar-refractivity contribution in [1.82, 2.24) is 4.98 Å². The molecular weight excluding hydrogens is 283 g/mol. The second-order valence-electron chi connectivity index (χ2n) is 4.35. The van der Waals surface area contributed by atoms with Gasteiger partial charge in [0.2, 0.25) is 0 Å². The highest BCUT2D eigenvalue weighted by atomic mass is 35.5. The van der Waals surface area contributed by atoms with Gasteiger partial charge in [-0.3, -0.25) is 0 Å². The number of rotatable bonds is 3.